The molecule has 0 unspecified atom stereocenters. The molecule has 0 saturated heterocycles. The van der Waals surface area contributed by atoms with Crippen molar-refractivity contribution in [2.24, 2.45) is 11.8 Å². The molecule has 0 radical (unpaired) electrons. The topological polar surface area (TPSA) is 78.9 Å². The van der Waals surface area contributed by atoms with Crippen LogP contribution in [0.1, 0.15) is 35.7 Å². The first kappa shape index (κ1) is 26.0. The van der Waals surface area contributed by atoms with Crippen molar-refractivity contribution in [2.45, 2.75) is 38.1 Å². The Morgan fingerprint density at radius 2 is 1.80 bits per heavy atom. The highest BCUT2D eigenvalue weighted by atomic mass is 19.4. The molecule has 9 heteroatoms. The van der Waals surface area contributed by atoms with Crippen LogP contribution in [-0.2, 0) is 25.2 Å². The number of carbonyl (C=O) groups excluding carboxylic acids is 3. The lowest BCUT2D eigenvalue weighted by Gasteiger charge is -2.22. The van der Waals surface area contributed by atoms with E-state index in [0.29, 0.717) is 18.5 Å². The van der Waals surface area contributed by atoms with E-state index in [1.165, 1.54) is 18.2 Å². The number of ketones is 1. The van der Waals surface area contributed by atoms with E-state index in [9.17, 15) is 27.6 Å². The summed E-state index contributed by atoms with van der Waals surface area (Å²) in [5, 5.41) is 0. The Hall–Kier alpha value is -3.62. The Kier molecular flexibility index (Phi) is 8.68. The highest BCUT2D eigenvalue weighted by molar-refractivity contribution is 5.91. The Balaban J connectivity index is 1.68. The summed E-state index contributed by atoms with van der Waals surface area (Å²) in [4.78, 5) is 35.9. The molecule has 6 nitrogen and oxygen atoms in total. The quantitative estimate of drug-likeness (QED) is 0.264. The molecule has 0 amide bonds. The second-order valence-electron chi connectivity index (χ2n) is 8.11. The second-order valence-corrected chi connectivity index (χ2v) is 8.11. The van der Waals surface area contributed by atoms with Crippen molar-refractivity contribution in [1.82, 2.24) is 0 Å². The van der Waals surface area contributed by atoms with E-state index in [0.717, 1.165) is 12.1 Å². The van der Waals surface area contributed by atoms with Gasteiger partial charge in [-0.15, -0.1) is 0 Å². The Bertz CT molecular complexity index is 1050. The molecule has 0 spiro atoms. The van der Waals surface area contributed by atoms with E-state index < -0.39 is 48.2 Å². The van der Waals surface area contributed by atoms with Crippen LogP contribution in [0.25, 0.3) is 0 Å². The zero-order valence-corrected chi connectivity index (χ0v) is 18.9. The number of benzene rings is 2. The van der Waals surface area contributed by atoms with Gasteiger partial charge in [-0.3, -0.25) is 9.59 Å². The zero-order chi connectivity index (χ0) is 25.4. The number of hydrogen-bond donors (Lipinski definition) is 0. The maximum Gasteiger partial charge on any atom is 0.416 e. The second kappa shape index (κ2) is 11.7. The summed E-state index contributed by atoms with van der Waals surface area (Å²) < 4.78 is 54.7. The standard InChI is InChI=1S/C26H25F3O6/c1-2-21-22(12-11-19(31)15-33-20-10-6-9-18(13-20)26(27,28)29)24(14-23(21)34-16-30)35-25(32)17-7-4-3-5-8-17/h3-13,16,21-24H,2,14-15H2,1H3/b12-11+/t21-,22-,23+,24-/m1/s1. The molecular formula is C26H25F3O6. The maximum atomic E-state index is 12.9. The average Bonchev–Trinajstić information content (AvgIpc) is 3.17. The number of alkyl halides is 3. The normalized spacial score (nSPS) is 22.1. The monoisotopic (exact) mass is 490 g/mol. The summed E-state index contributed by atoms with van der Waals surface area (Å²) in [5.41, 5.74) is -0.507. The molecule has 2 aromatic rings. The predicted octanol–water partition coefficient (Wildman–Crippen LogP) is 5.02. The van der Waals surface area contributed by atoms with Gasteiger partial charge in [-0.25, -0.2) is 4.79 Å². The van der Waals surface area contributed by atoms with Gasteiger partial charge in [-0.05, 0) is 42.8 Å². The number of hydrogen-bond acceptors (Lipinski definition) is 6. The fourth-order valence-electron chi connectivity index (χ4n) is 4.20. The SMILES string of the molecule is CC[C@@H]1[C@@H](/C=C/C(=O)COc2cccc(C(F)(F)F)c2)[C@H](OC(=O)c2ccccc2)C[C@@H]1OC=O. The van der Waals surface area contributed by atoms with Crippen molar-refractivity contribution in [3.63, 3.8) is 0 Å². The van der Waals surface area contributed by atoms with E-state index in [1.54, 1.807) is 36.4 Å². The molecule has 0 heterocycles. The van der Waals surface area contributed by atoms with E-state index in [2.05, 4.69) is 0 Å². The maximum absolute atomic E-state index is 12.9. The van der Waals surface area contributed by atoms with E-state index in [4.69, 9.17) is 14.2 Å². The van der Waals surface area contributed by atoms with Gasteiger partial charge in [0.1, 0.15) is 18.0 Å². The first-order valence-corrected chi connectivity index (χ1v) is 11.1. The number of ether oxygens (including phenoxy) is 3. The Morgan fingerprint density at radius 1 is 1.06 bits per heavy atom. The molecule has 1 fully saturated rings. The number of carbonyl (C=O) groups is 3. The summed E-state index contributed by atoms with van der Waals surface area (Å²) in [6.07, 6.45) is -1.92. The number of halogens is 3. The van der Waals surface area contributed by atoms with Gasteiger partial charge < -0.3 is 14.2 Å². The fourth-order valence-corrected chi connectivity index (χ4v) is 4.20. The van der Waals surface area contributed by atoms with Gasteiger partial charge in [-0.1, -0.05) is 37.3 Å². The minimum Gasteiger partial charge on any atom is -0.485 e. The van der Waals surface area contributed by atoms with Crippen LogP contribution in [0, 0.1) is 11.8 Å². The van der Waals surface area contributed by atoms with Crippen molar-refractivity contribution in [2.75, 3.05) is 6.61 Å². The molecular weight excluding hydrogens is 465 g/mol. The third kappa shape index (κ3) is 6.94. The zero-order valence-electron chi connectivity index (χ0n) is 18.9. The van der Waals surface area contributed by atoms with Gasteiger partial charge in [-0.2, -0.15) is 13.2 Å². The van der Waals surface area contributed by atoms with Crippen LogP contribution in [0.3, 0.4) is 0 Å². The van der Waals surface area contributed by atoms with Crippen LogP contribution < -0.4 is 4.74 Å². The molecule has 1 aliphatic rings. The predicted molar refractivity (Wildman–Crippen MR) is 120 cm³/mol. The van der Waals surface area contributed by atoms with Crippen molar-refractivity contribution in [3.05, 3.63) is 77.9 Å². The molecule has 0 N–H and O–H groups in total. The van der Waals surface area contributed by atoms with Crippen molar-refractivity contribution < 1.29 is 41.8 Å². The third-order valence-electron chi connectivity index (χ3n) is 5.88. The smallest absolute Gasteiger partial charge is 0.416 e. The molecule has 0 aromatic heterocycles. The molecule has 3 rings (SSSR count). The number of rotatable bonds is 10. The van der Waals surface area contributed by atoms with Gasteiger partial charge in [0.2, 0.25) is 0 Å². The summed E-state index contributed by atoms with van der Waals surface area (Å²) in [7, 11) is 0. The van der Waals surface area contributed by atoms with Gasteiger partial charge >= 0.3 is 12.1 Å². The molecule has 0 bridgehead atoms. The number of esters is 1. The molecule has 1 saturated carbocycles. The summed E-state index contributed by atoms with van der Waals surface area (Å²) in [5.74, 6) is -1.69. The third-order valence-corrected chi connectivity index (χ3v) is 5.88. The van der Waals surface area contributed by atoms with Crippen molar-refractivity contribution in [3.8, 4) is 5.75 Å². The van der Waals surface area contributed by atoms with Gasteiger partial charge in [0.15, 0.2) is 12.4 Å². The molecule has 0 aliphatic heterocycles. The van der Waals surface area contributed by atoms with Crippen LogP contribution >= 0.6 is 0 Å². The molecule has 4 atom stereocenters. The van der Waals surface area contributed by atoms with Gasteiger partial charge in [0.25, 0.3) is 6.47 Å². The van der Waals surface area contributed by atoms with E-state index in [-0.39, 0.29) is 18.1 Å². The van der Waals surface area contributed by atoms with Gasteiger partial charge in [0.05, 0.1) is 11.1 Å². The first-order valence-electron chi connectivity index (χ1n) is 11.1. The lowest BCUT2D eigenvalue weighted by Crippen LogP contribution is -2.25. The largest absolute Gasteiger partial charge is 0.485 e. The van der Waals surface area contributed by atoms with Crippen LogP contribution in [0.4, 0.5) is 13.2 Å². The molecule has 2 aromatic carbocycles. The Labute approximate surface area is 200 Å². The fraction of sp³-hybridized carbons (Fsp3) is 0.346. The average molecular weight is 490 g/mol. The molecule has 186 valence electrons. The highest BCUT2D eigenvalue weighted by Gasteiger charge is 2.44. The highest BCUT2D eigenvalue weighted by Crippen LogP contribution is 2.39. The minimum absolute atomic E-state index is 0.0806. The molecule has 35 heavy (non-hydrogen) atoms. The van der Waals surface area contributed by atoms with Crippen LogP contribution in [-0.4, -0.2) is 37.0 Å². The summed E-state index contributed by atoms with van der Waals surface area (Å²) >= 11 is 0. The van der Waals surface area contributed by atoms with Crippen LogP contribution in [0.15, 0.2) is 66.7 Å². The van der Waals surface area contributed by atoms with E-state index >= 15 is 0 Å². The van der Waals surface area contributed by atoms with Crippen molar-refractivity contribution >= 4 is 18.2 Å². The first-order chi connectivity index (χ1) is 16.7. The van der Waals surface area contributed by atoms with Crippen LogP contribution in [0.5, 0.6) is 5.75 Å². The summed E-state index contributed by atoms with van der Waals surface area (Å²) in [6, 6.07) is 12.7. The van der Waals surface area contributed by atoms with E-state index in [1.807, 2.05) is 6.92 Å². The Morgan fingerprint density at radius 3 is 2.46 bits per heavy atom. The van der Waals surface area contributed by atoms with Gasteiger partial charge in [0, 0.05) is 18.3 Å². The molecule has 1 aliphatic carbocycles. The minimum atomic E-state index is -4.52. The van der Waals surface area contributed by atoms with Crippen molar-refractivity contribution in [1.29, 1.82) is 0 Å². The lowest BCUT2D eigenvalue weighted by molar-refractivity contribution is -0.138. The van der Waals surface area contributed by atoms with Crippen LogP contribution in [0.2, 0.25) is 0 Å². The lowest BCUT2D eigenvalue weighted by atomic mass is 9.90. The summed E-state index contributed by atoms with van der Waals surface area (Å²) in [6.45, 7) is 1.78.